The molecule has 6 heteroatoms. The normalized spacial score (nSPS) is 9.85. The van der Waals surface area contributed by atoms with Crippen molar-refractivity contribution in [3.63, 3.8) is 0 Å². The molecule has 0 aliphatic heterocycles. The van der Waals surface area contributed by atoms with Gasteiger partial charge >= 0.3 is 5.69 Å². The molecule has 70 valence electrons. The molecule has 0 spiro atoms. The molecule has 1 rings (SSSR count). The Morgan fingerprint density at radius 3 is 2.62 bits per heavy atom. The van der Waals surface area contributed by atoms with Crippen LogP contribution in [0.2, 0.25) is 0 Å². The van der Waals surface area contributed by atoms with Gasteiger partial charge in [0.15, 0.2) is 7.11 Å². The summed E-state index contributed by atoms with van der Waals surface area (Å²) in [6.07, 6.45) is 0. The van der Waals surface area contributed by atoms with E-state index in [2.05, 4.69) is 20.8 Å². The molecular weight excluding hydrogens is 248 g/mol. The smallest absolute Gasteiger partial charge is 0.230 e. The van der Waals surface area contributed by atoms with Gasteiger partial charge in [-0.3, -0.25) is 0 Å². The molecule has 0 N–H and O–H groups in total. The fourth-order valence-electron chi connectivity index (χ4n) is 0.774. The molecular formula is C7H5BrF2NO2+. The zero-order valence-electron chi connectivity index (χ0n) is 6.55. The molecule has 0 aromatic heterocycles. The summed E-state index contributed by atoms with van der Waals surface area (Å²) in [6, 6.07) is 1.67. The molecule has 13 heavy (non-hydrogen) atoms. The van der Waals surface area contributed by atoms with E-state index in [4.69, 9.17) is 0 Å². The molecule has 0 radical (unpaired) electrons. The molecule has 0 saturated heterocycles. The van der Waals surface area contributed by atoms with Crippen LogP contribution in [0.5, 0.6) is 0 Å². The Labute approximate surface area is 81.0 Å². The number of hydrogen-bond acceptors (Lipinski definition) is 2. The minimum absolute atomic E-state index is 0.108. The lowest BCUT2D eigenvalue weighted by molar-refractivity contribution is -0.737. The predicted molar refractivity (Wildman–Crippen MR) is 44.4 cm³/mol. The third-order valence-electron chi connectivity index (χ3n) is 1.34. The van der Waals surface area contributed by atoms with Crippen molar-refractivity contribution in [3.05, 3.63) is 33.1 Å². The lowest BCUT2D eigenvalue weighted by Crippen LogP contribution is -2.01. The topological polar surface area (TPSA) is 29.3 Å². The zero-order valence-corrected chi connectivity index (χ0v) is 8.14. The highest BCUT2D eigenvalue weighted by molar-refractivity contribution is 9.10. The molecule has 3 nitrogen and oxygen atoms in total. The highest BCUT2D eigenvalue weighted by Crippen LogP contribution is 2.26. The van der Waals surface area contributed by atoms with E-state index in [9.17, 15) is 13.7 Å². The molecule has 0 aliphatic carbocycles. The fraction of sp³-hybridized carbons (Fsp3) is 0.143. The largest absolute Gasteiger partial charge is 0.356 e. The Hall–Kier alpha value is -1.04. The average Bonchev–Trinajstić information content (AvgIpc) is 2.10. The van der Waals surface area contributed by atoms with E-state index in [-0.39, 0.29) is 9.40 Å². The predicted octanol–water partition coefficient (Wildman–Crippen LogP) is 2.70. The van der Waals surface area contributed by atoms with Crippen LogP contribution in [0.4, 0.5) is 14.5 Å². The Kier molecular flexibility index (Phi) is 2.92. The van der Waals surface area contributed by atoms with Gasteiger partial charge in [-0.15, -0.1) is 0 Å². The monoisotopic (exact) mass is 252 g/mol. The Morgan fingerprint density at radius 1 is 1.46 bits per heavy atom. The van der Waals surface area contributed by atoms with Crippen LogP contribution in [0.1, 0.15) is 0 Å². The minimum atomic E-state index is -0.863. The van der Waals surface area contributed by atoms with Gasteiger partial charge < -0.3 is 0 Å². The van der Waals surface area contributed by atoms with Crippen LogP contribution < -0.4 is 0 Å². The van der Waals surface area contributed by atoms with Gasteiger partial charge in [-0.2, -0.15) is 4.39 Å². The second-order valence-electron chi connectivity index (χ2n) is 2.16. The molecule has 1 aromatic rings. The molecule has 0 amide bonds. The third-order valence-corrected chi connectivity index (χ3v) is 1.91. The van der Waals surface area contributed by atoms with Crippen molar-refractivity contribution in [2.45, 2.75) is 0 Å². The summed E-state index contributed by atoms with van der Waals surface area (Å²) in [6.45, 7) is 0. The van der Waals surface area contributed by atoms with Crippen molar-refractivity contribution in [3.8, 4) is 0 Å². The maximum absolute atomic E-state index is 13.1. The summed E-state index contributed by atoms with van der Waals surface area (Å²) in [5, 5.41) is 0. The second-order valence-corrected chi connectivity index (χ2v) is 3.01. The van der Waals surface area contributed by atoms with Gasteiger partial charge in [-0.05, 0) is 22.0 Å². The number of nitrogens with zero attached hydrogens (tertiary/aromatic N) is 1. The van der Waals surface area contributed by atoms with Crippen molar-refractivity contribution < 1.29 is 18.5 Å². The Morgan fingerprint density at radius 2 is 2.08 bits per heavy atom. The molecule has 0 fully saturated rings. The van der Waals surface area contributed by atoms with Crippen molar-refractivity contribution >= 4 is 21.6 Å². The number of halogens is 3. The van der Waals surface area contributed by atoms with E-state index in [1.165, 1.54) is 0 Å². The van der Waals surface area contributed by atoms with Gasteiger partial charge in [0.05, 0.1) is 15.4 Å². The molecule has 0 saturated carbocycles. The Balaban J connectivity index is 3.28. The summed E-state index contributed by atoms with van der Waals surface area (Å²) in [7, 11) is 1.06. The first kappa shape index (κ1) is 10.0. The maximum atomic E-state index is 13.1. The van der Waals surface area contributed by atoms with Crippen LogP contribution in [0.25, 0.3) is 0 Å². The van der Waals surface area contributed by atoms with Crippen molar-refractivity contribution in [1.82, 2.24) is 0 Å². The number of rotatable bonds is 2. The van der Waals surface area contributed by atoms with Crippen molar-refractivity contribution in [2.75, 3.05) is 7.11 Å². The molecule has 1 aromatic carbocycles. The van der Waals surface area contributed by atoms with Gasteiger partial charge in [0, 0.05) is 0 Å². The van der Waals surface area contributed by atoms with Gasteiger partial charge in [0.2, 0.25) is 5.82 Å². The molecule has 0 heterocycles. The summed E-state index contributed by atoms with van der Waals surface area (Å²) >= 11 is 2.76. The zero-order chi connectivity index (χ0) is 10.0. The van der Waals surface area contributed by atoms with Gasteiger partial charge in [-0.25, -0.2) is 9.23 Å². The summed E-state index contributed by atoms with van der Waals surface area (Å²) in [5.41, 5.74) is -0.505. The van der Waals surface area contributed by atoms with Crippen LogP contribution in [0.3, 0.4) is 0 Å². The van der Waals surface area contributed by atoms with Crippen LogP contribution in [-0.2, 0) is 4.84 Å². The van der Waals surface area contributed by atoms with E-state index < -0.39 is 17.3 Å². The summed E-state index contributed by atoms with van der Waals surface area (Å²) in [4.78, 5) is 14.9. The van der Waals surface area contributed by atoms with Gasteiger partial charge in [-0.1, -0.05) is 0 Å². The van der Waals surface area contributed by atoms with Gasteiger partial charge in [0.25, 0.3) is 4.92 Å². The quantitative estimate of drug-likeness (QED) is 0.599. The van der Waals surface area contributed by atoms with E-state index in [0.717, 1.165) is 19.2 Å². The first-order chi connectivity index (χ1) is 6.06. The van der Waals surface area contributed by atoms with Crippen LogP contribution in [0, 0.1) is 16.5 Å². The lowest BCUT2D eigenvalue weighted by Gasteiger charge is -1.94. The molecule has 0 unspecified atom stereocenters. The first-order valence-corrected chi connectivity index (χ1v) is 4.01. The summed E-state index contributed by atoms with van der Waals surface area (Å²) < 4.78 is 25.6. The lowest BCUT2D eigenvalue weighted by atomic mass is 10.3. The Bertz CT molecular complexity index is 357. The SMILES string of the molecule is CO[N+](=O)c1cc(F)cc(Br)c1F. The van der Waals surface area contributed by atoms with Crippen molar-refractivity contribution in [2.24, 2.45) is 0 Å². The number of hydrogen-bond donors (Lipinski definition) is 0. The van der Waals surface area contributed by atoms with Crippen molar-refractivity contribution in [1.29, 1.82) is 0 Å². The van der Waals surface area contributed by atoms with Crippen LogP contribution in [0.15, 0.2) is 16.6 Å². The average molecular weight is 253 g/mol. The van der Waals surface area contributed by atoms with Crippen LogP contribution >= 0.6 is 15.9 Å². The third kappa shape index (κ3) is 2.00. The highest BCUT2D eigenvalue weighted by atomic mass is 79.9. The minimum Gasteiger partial charge on any atom is -0.230 e. The standard InChI is InChI=1S/C7H5BrF2NO2/c1-13-11(12)6-3-4(9)2-5(8)7(6)10/h2-3H,1H3/q+1. The van der Waals surface area contributed by atoms with E-state index in [0.29, 0.717) is 0 Å². The fourth-order valence-corrected chi connectivity index (χ4v) is 1.20. The van der Waals surface area contributed by atoms with E-state index in [1.54, 1.807) is 0 Å². The van der Waals surface area contributed by atoms with Crippen LogP contribution in [-0.4, -0.2) is 12.0 Å². The van der Waals surface area contributed by atoms with E-state index >= 15 is 0 Å². The van der Waals surface area contributed by atoms with E-state index in [1.807, 2.05) is 0 Å². The molecule has 0 atom stereocenters. The highest BCUT2D eigenvalue weighted by Gasteiger charge is 2.24. The first-order valence-electron chi connectivity index (χ1n) is 3.22. The summed E-state index contributed by atoms with van der Waals surface area (Å²) in [5.74, 6) is -1.58. The second kappa shape index (κ2) is 3.78. The van der Waals surface area contributed by atoms with Gasteiger partial charge in [0.1, 0.15) is 5.82 Å². The molecule has 0 aliphatic rings. The molecule has 0 bridgehead atoms. The maximum Gasteiger partial charge on any atom is 0.356 e. The number of benzene rings is 1.